The number of nitrogens with one attached hydrogen (secondary N) is 1. The maximum absolute atomic E-state index is 4.66. The summed E-state index contributed by atoms with van der Waals surface area (Å²) in [5.41, 5.74) is 0. The lowest BCUT2D eigenvalue weighted by Crippen LogP contribution is -2.41. The highest BCUT2D eigenvalue weighted by Gasteiger charge is 2.20. The van der Waals surface area contributed by atoms with Crippen molar-refractivity contribution in [2.24, 2.45) is 10.9 Å². The van der Waals surface area contributed by atoms with Gasteiger partial charge in [-0.1, -0.05) is 25.6 Å². The highest BCUT2D eigenvalue weighted by Crippen LogP contribution is 2.21. The molecule has 1 N–H and O–H groups in total. The van der Waals surface area contributed by atoms with Crippen molar-refractivity contribution in [1.82, 2.24) is 5.32 Å². The van der Waals surface area contributed by atoms with Gasteiger partial charge in [-0.15, -0.1) is 11.3 Å². The molecule has 1 aromatic rings. The lowest BCUT2D eigenvalue weighted by atomic mass is 10.1. The fourth-order valence-corrected chi connectivity index (χ4v) is 3.69. The van der Waals surface area contributed by atoms with Crippen molar-refractivity contribution in [2.75, 3.05) is 5.75 Å². The van der Waals surface area contributed by atoms with Crippen molar-refractivity contribution in [1.29, 1.82) is 0 Å². The number of aliphatic imine (C=N–C) groups is 1. The van der Waals surface area contributed by atoms with E-state index >= 15 is 0 Å². The van der Waals surface area contributed by atoms with Crippen molar-refractivity contribution in [2.45, 2.75) is 39.8 Å². The summed E-state index contributed by atoms with van der Waals surface area (Å²) in [6, 6.07) is 4.96. The van der Waals surface area contributed by atoms with E-state index in [0.29, 0.717) is 6.04 Å². The molecule has 1 aliphatic heterocycles. The molecule has 0 aliphatic carbocycles. The van der Waals surface area contributed by atoms with Gasteiger partial charge in [0.2, 0.25) is 0 Å². The minimum Gasteiger partial charge on any atom is -0.362 e. The summed E-state index contributed by atoms with van der Waals surface area (Å²) in [5.74, 6) is 1.91. The summed E-state index contributed by atoms with van der Waals surface area (Å²) in [5, 5.41) is 4.59. The molecule has 1 aliphatic rings. The smallest absolute Gasteiger partial charge is 0.157 e. The number of hydrogen-bond acceptors (Lipinski definition) is 3. The third-order valence-corrected chi connectivity index (χ3v) is 5.56. The van der Waals surface area contributed by atoms with Gasteiger partial charge in [0.05, 0.1) is 6.54 Å². The third kappa shape index (κ3) is 3.49. The van der Waals surface area contributed by atoms with Crippen molar-refractivity contribution in [3.63, 3.8) is 0 Å². The molecule has 2 rings (SSSR count). The number of rotatable bonds is 3. The van der Waals surface area contributed by atoms with Gasteiger partial charge in [0, 0.05) is 21.5 Å². The predicted octanol–water partition coefficient (Wildman–Crippen LogP) is 3.53. The minimum absolute atomic E-state index is 0.546. The van der Waals surface area contributed by atoms with Crippen LogP contribution in [0.2, 0.25) is 0 Å². The van der Waals surface area contributed by atoms with Crippen LogP contribution in [0.3, 0.4) is 0 Å². The van der Waals surface area contributed by atoms with E-state index < -0.39 is 0 Å². The monoisotopic (exact) mass is 268 g/mol. The average molecular weight is 268 g/mol. The van der Waals surface area contributed by atoms with Crippen molar-refractivity contribution in [3.8, 4) is 0 Å². The first-order valence-electron chi connectivity index (χ1n) is 6.20. The largest absolute Gasteiger partial charge is 0.362 e. The van der Waals surface area contributed by atoms with Crippen LogP contribution in [-0.4, -0.2) is 17.0 Å². The van der Waals surface area contributed by atoms with Crippen LogP contribution in [0.1, 0.15) is 30.5 Å². The van der Waals surface area contributed by atoms with Crippen LogP contribution < -0.4 is 5.32 Å². The number of hydrogen-bond donors (Lipinski definition) is 1. The summed E-state index contributed by atoms with van der Waals surface area (Å²) in [7, 11) is 0. The standard InChI is InChI=1S/C13H20N2S2/c1-4-11-5-6-12(17-11)7-14-13-15-10(3)9(2)8-16-13/h5-6,9-10H,4,7-8H2,1-3H3,(H,14,15). The second-order valence-corrected chi connectivity index (χ2v) is 6.83. The minimum atomic E-state index is 0.546. The first kappa shape index (κ1) is 13.0. The topological polar surface area (TPSA) is 24.4 Å². The van der Waals surface area contributed by atoms with E-state index in [4.69, 9.17) is 0 Å². The molecule has 94 valence electrons. The Labute approximate surface area is 112 Å². The zero-order valence-electron chi connectivity index (χ0n) is 10.7. The molecule has 2 heterocycles. The van der Waals surface area contributed by atoms with Gasteiger partial charge >= 0.3 is 0 Å². The Hall–Kier alpha value is -0.480. The number of aryl methyl sites for hydroxylation is 1. The van der Waals surface area contributed by atoms with Gasteiger partial charge in [-0.05, 0) is 31.4 Å². The highest BCUT2D eigenvalue weighted by molar-refractivity contribution is 8.13. The van der Waals surface area contributed by atoms with Gasteiger partial charge in [-0.25, -0.2) is 0 Å². The molecule has 0 spiro atoms. The number of nitrogens with zero attached hydrogens (tertiary/aromatic N) is 1. The van der Waals surface area contributed by atoms with Crippen LogP contribution in [0.15, 0.2) is 17.1 Å². The lowest BCUT2D eigenvalue weighted by molar-refractivity contribution is 0.490. The summed E-state index contributed by atoms with van der Waals surface area (Å²) >= 11 is 3.73. The zero-order valence-corrected chi connectivity index (χ0v) is 12.3. The van der Waals surface area contributed by atoms with Gasteiger partial charge in [0.15, 0.2) is 5.17 Å². The molecular weight excluding hydrogens is 248 g/mol. The normalized spacial score (nSPS) is 27.1. The zero-order chi connectivity index (χ0) is 12.3. The Morgan fingerprint density at radius 1 is 1.35 bits per heavy atom. The molecule has 1 saturated heterocycles. The van der Waals surface area contributed by atoms with Crippen LogP contribution in [0.4, 0.5) is 0 Å². The molecule has 0 saturated carbocycles. The summed E-state index contributed by atoms with van der Waals surface area (Å²) < 4.78 is 0. The number of amidine groups is 1. The van der Waals surface area contributed by atoms with E-state index in [1.165, 1.54) is 15.5 Å². The molecule has 1 aromatic heterocycles. The van der Waals surface area contributed by atoms with Crippen molar-refractivity contribution in [3.05, 3.63) is 21.9 Å². The molecule has 0 radical (unpaired) electrons. The molecule has 2 unspecified atom stereocenters. The van der Waals surface area contributed by atoms with E-state index in [0.717, 1.165) is 24.1 Å². The molecular formula is C13H20N2S2. The molecule has 1 fully saturated rings. The van der Waals surface area contributed by atoms with E-state index in [-0.39, 0.29) is 0 Å². The Balaban J connectivity index is 1.92. The Morgan fingerprint density at radius 3 is 2.76 bits per heavy atom. The Bertz CT molecular complexity index is 398. The van der Waals surface area contributed by atoms with Gasteiger partial charge < -0.3 is 5.32 Å². The summed E-state index contributed by atoms with van der Waals surface area (Å²) in [4.78, 5) is 7.48. The number of thioether (sulfide) groups is 1. The lowest BCUT2D eigenvalue weighted by Gasteiger charge is -2.28. The fourth-order valence-electron chi connectivity index (χ4n) is 1.67. The molecule has 0 aromatic carbocycles. The average Bonchev–Trinajstić information content (AvgIpc) is 2.79. The quantitative estimate of drug-likeness (QED) is 0.907. The second-order valence-electron chi connectivity index (χ2n) is 4.56. The van der Waals surface area contributed by atoms with Crippen molar-refractivity contribution < 1.29 is 0 Å². The van der Waals surface area contributed by atoms with Gasteiger partial charge in [0.25, 0.3) is 0 Å². The van der Waals surface area contributed by atoms with Crippen molar-refractivity contribution >= 4 is 28.3 Å². The van der Waals surface area contributed by atoms with Gasteiger partial charge in [0.1, 0.15) is 0 Å². The first-order valence-corrected chi connectivity index (χ1v) is 8.00. The van der Waals surface area contributed by atoms with Gasteiger partial charge in [-0.2, -0.15) is 0 Å². The van der Waals surface area contributed by atoms with E-state index in [1.807, 2.05) is 23.1 Å². The molecule has 4 heteroatoms. The third-order valence-electron chi connectivity index (χ3n) is 3.13. The molecule has 17 heavy (non-hydrogen) atoms. The SMILES string of the molecule is CCc1ccc(CN=C2NC(C)C(C)CS2)s1. The van der Waals surface area contributed by atoms with E-state index in [1.54, 1.807) is 0 Å². The van der Waals surface area contributed by atoms with Crippen LogP contribution >= 0.6 is 23.1 Å². The number of thiophene rings is 1. The summed E-state index contributed by atoms with van der Waals surface area (Å²) in [6.07, 6.45) is 1.13. The van der Waals surface area contributed by atoms with E-state index in [2.05, 4.69) is 43.2 Å². The predicted molar refractivity (Wildman–Crippen MR) is 79.1 cm³/mol. The van der Waals surface area contributed by atoms with Gasteiger partial charge in [-0.3, -0.25) is 4.99 Å². The van der Waals surface area contributed by atoms with E-state index in [9.17, 15) is 0 Å². The first-order chi connectivity index (χ1) is 8.19. The maximum atomic E-state index is 4.66. The summed E-state index contributed by atoms with van der Waals surface area (Å²) in [6.45, 7) is 7.54. The Kier molecular flexibility index (Phi) is 4.51. The van der Waals surface area contributed by atoms with Crippen LogP contribution in [0.25, 0.3) is 0 Å². The Morgan fingerprint density at radius 2 is 2.12 bits per heavy atom. The maximum Gasteiger partial charge on any atom is 0.157 e. The molecule has 2 nitrogen and oxygen atoms in total. The van der Waals surface area contributed by atoms with Crippen LogP contribution in [-0.2, 0) is 13.0 Å². The fraction of sp³-hybridized carbons (Fsp3) is 0.615. The second kappa shape index (κ2) is 5.91. The van der Waals surface area contributed by atoms with Crippen LogP contribution in [0, 0.1) is 5.92 Å². The molecule has 2 atom stereocenters. The van der Waals surface area contributed by atoms with Crippen LogP contribution in [0.5, 0.6) is 0 Å². The highest BCUT2D eigenvalue weighted by atomic mass is 32.2. The molecule has 0 bridgehead atoms. The molecule has 0 amide bonds.